The molecule has 1 aromatic carbocycles. The minimum absolute atomic E-state index is 0.000367. The van der Waals surface area contributed by atoms with Crippen LogP contribution in [0.2, 0.25) is 0 Å². The fourth-order valence-corrected chi connectivity index (χ4v) is 3.92. The Labute approximate surface area is 146 Å². The van der Waals surface area contributed by atoms with E-state index in [1.165, 1.54) is 6.07 Å². The van der Waals surface area contributed by atoms with Crippen LogP contribution in [0.4, 0.5) is 0 Å². The molecule has 0 unspecified atom stereocenters. The van der Waals surface area contributed by atoms with Crippen LogP contribution in [0.3, 0.4) is 0 Å². The molecule has 0 saturated heterocycles. The lowest BCUT2D eigenvalue weighted by Crippen LogP contribution is -2.47. The second-order valence-corrected chi connectivity index (χ2v) is 6.49. The number of benzene rings is 1. The standard InChI is InChI=1S/C19H17N5O/c1-24-6-5-14-15(8-20)18(23)19(10-21,11-22)17(16(14)9-24)12-3-2-4-13(25)7-12/h2-5,7,16-17,25H,6,9,23H2,1H3/t16-,17-/m0/s1. The molecular formula is C19H17N5O. The summed E-state index contributed by atoms with van der Waals surface area (Å²) in [4.78, 5) is 2.07. The van der Waals surface area contributed by atoms with Gasteiger partial charge in [-0.15, -0.1) is 0 Å². The fourth-order valence-electron chi connectivity index (χ4n) is 3.92. The van der Waals surface area contributed by atoms with Gasteiger partial charge in [0.1, 0.15) is 11.8 Å². The van der Waals surface area contributed by atoms with E-state index in [0.717, 1.165) is 5.57 Å². The zero-order valence-corrected chi connectivity index (χ0v) is 13.8. The van der Waals surface area contributed by atoms with Gasteiger partial charge in [0.25, 0.3) is 0 Å². The zero-order chi connectivity index (χ0) is 18.2. The molecule has 6 nitrogen and oxygen atoms in total. The van der Waals surface area contributed by atoms with Crippen molar-refractivity contribution >= 4 is 0 Å². The van der Waals surface area contributed by atoms with Gasteiger partial charge >= 0.3 is 0 Å². The lowest BCUT2D eigenvalue weighted by molar-refractivity contribution is 0.237. The molecule has 25 heavy (non-hydrogen) atoms. The molecule has 2 aliphatic rings. The summed E-state index contributed by atoms with van der Waals surface area (Å²) in [5.74, 6) is -0.742. The summed E-state index contributed by atoms with van der Waals surface area (Å²) >= 11 is 0. The highest BCUT2D eigenvalue weighted by atomic mass is 16.3. The first-order valence-corrected chi connectivity index (χ1v) is 7.89. The molecule has 1 aromatic rings. The summed E-state index contributed by atoms with van der Waals surface area (Å²) in [7, 11) is 1.95. The third-order valence-electron chi connectivity index (χ3n) is 5.08. The number of nitrogens with two attached hydrogens (primary N) is 1. The van der Waals surface area contributed by atoms with Crippen LogP contribution in [0, 0.1) is 45.3 Å². The van der Waals surface area contributed by atoms with E-state index >= 15 is 0 Å². The topological polar surface area (TPSA) is 121 Å². The Morgan fingerprint density at radius 1 is 1.28 bits per heavy atom. The summed E-state index contributed by atoms with van der Waals surface area (Å²) in [6.45, 7) is 1.26. The van der Waals surface area contributed by atoms with Gasteiger partial charge in [0.2, 0.25) is 0 Å². The molecule has 0 spiro atoms. The number of aromatic hydroxyl groups is 1. The molecule has 0 aromatic heterocycles. The van der Waals surface area contributed by atoms with Crippen LogP contribution in [-0.4, -0.2) is 30.1 Å². The van der Waals surface area contributed by atoms with Gasteiger partial charge in [-0.25, -0.2) is 0 Å². The molecule has 0 bridgehead atoms. The Kier molecular flexibility index (Phi) is 3.97. The molecule has 0 radical (unpaired) electrons. The fraction of sp³-hybridized carbons (Fsp3) is 0.316. The Bertz CT molecular complexity index is 895. The Morgan fingerprint density at radius 2 is 2.00 bits per heavy atom. The van der Waals surface area contributed by atoms with Crippen molar-refractivity contribution in [2.75, 3.05) is 20.1 Å². The highest BCUT2D eigenvalue weighted by Crippen LogP contribution is 2.54. The van der Waals surface area contributed by atoms with E-state index in [2.05, 4.69) is 23.1 Å². The van der Waals surface area contributed by atoms with Crippen LogP contribution in [0.25, 0.3) is 0 Å². The number of nitriles is 3. The molecule has 1 aliphatic heterocycles. The first-order chi connectivity index (χ1) is 12.0. The van der Waals surface area contributed by atoms with E-state index in [0.29, 0.717) is 18.7 Å². The zero-order valence-electron chi connectivity index (χ0n) is 13.8. The van der Waals surface area contributed by atoms with E-state index in [1.807, 2.05) is 13.1 Å². The van der Waals surface area contributed by atoms with Gasteiger partial charge in [-0.3, -0.25) is 0 Å². The third kappa shape index (κ3) is 2.34. The van der Waals surface area contributed by atoms with E-state index in [-0.39, 0.29) is 22.9 Å². The molecule has 0 saturated carbocycles. The minimum atomic E-state index is -1.65. The number of phenols is 1. The maximum Gasteiger partial charge on any atom is 0.191 e. The number of nitrogens with zero attached hydrogens (tertiary/aromatic N) is 4. The molecule has 1 heterocycles. The van der Waals surface area contributed by atoms with Crippen molar-refractivity contribution in [3.63, 3.8) is 0 Å². The van der Waals surface area contributed by atoms with Crippen molar-refractivity contribution in [2.45, 2.75) is 5.92 Å². The summed E-state index contributed by atoms with van der Waals surface area (Å²) in [6.07, 6.45) is 1.94. The van der Waals surface area contributed by atoms with Crippen molar-refractivity contribution in [1.29, 1.82) is 15.8 Å². The monoisotopic (exact) mass is 331 g/mol. The number of likely N-dealkylation sites (N-methyl/N-ethyl adjacent to an activating group) is 1. The largest absolute Gasteiger partial charge is 0.508 e. The summed E-state index contributed by atoms with van der Waals surface area (Å²) in [5.41, 5.74) is 6.22. The average Bonchev–Trinajstić information content (AvgIpc) is 2.61. The third-order valence-corrected chi connectivity index (χ3v) is 5.08. The van der Waals surface area contributed by atoms with E-state index < -0.39 is 11.3 Å². The Hall–Kier alpha value is -3.27. The Balaban J connectivity index is 2.34. The van der Waals surface area contributed by atoms with Crippen molar-refractivity contribution < 1.29 is 5.11 Å². The van der Waals surface area contributed by atoms with E-state index in [4.69, 9.17) is 5.73 Å². The number of hydrogen-bond donors (Lipinski definition) is 2. The quantitative estimate of drug-likeness (QED) is 0.808. The highest BCUT2D eigenvalue weighted by molar-refractivity contribution is 5.59. The average molecular weight is 331 g/mol. The SMILES string of the molecule is CN1CC=C2C(C#N)=C(N)C(C#N)(C#N)[C@@H](c3cccc(O)c3)[C@H]2C1. The molecule has 2 atom stereocenters. The second-order valence-electron chi connectivity index (χ2n) is 6.49. The molecule has 124 valence electrons. The smallest absolute Gasteiger partial charge is 0.191 e. The molecule has 0 amide bonds. The first-order valence-electron chi connectivity index (χ1n) is 7.89. The maximum absolute atomic E-state index is 9.89. The normalized spacial score (nSPS) is 25.1. The van der Waals surface area contributed by atoms with Crippen LogP contribution >= 0.6 is 0 Å². The number of phenolic OH excluding ortho intramolecular Hbond substituents is 1. The molecular weight excluding hydrogens is 314 g/mol. The van der Waals surface area contributed by atoms with Gasteiger partial charge in [0, 0.05) is 24.9 Å². The van der Waals surface area contributed by atoms with Gasteiger partial charge in [-0.1, -0.05) is 18.2 Å². The molecule has 3 rings (SSSR count). The number of fused-ring (bicyclic) bond motifs is 1. The molecule has 6 heteroatoms. The van der Waals surface area contributed by atoms with E-state index in [1.54, 1.807) is 18.2 Å². The predicted octanol–water partition coefficient (Wildman–Crippen LogP) is 1.75. The summed E-state index contributed by atoms with van der Waals surface area (Å²) in [5, 5.41) is 39.3. The first kappa shape index (κ1) is 16.6. The van der Waals surface area contributed by atoms with Gasteiger partial charge in [-0.05, 0) is 30.3 Å². The van der Waals surface area contributed by atoms with Crippen LogP contribution < -0.4 is 5.73 Å². The van der Waals surface area contributed by atoms with Gasteiger partial charge in [-0.2, -0.15) is 15.8 Å². The van der Waals surface area contributed by atoms with Crippen LogP contribution in [0.5, 0.6) is 5.75 Å². The maximum atomic E-state index is 9.89. The van der Waals surface area contributed by atoms with Crippen LogP contribution in [0.15, 0.2) is 47.2 Å². The van der Waals surface area contributed by atoms with E-state index in [9.17, 15) is 20.9 Å². The van der Waals surface area contributed by atoms with Gasteiger partial charge < -0.3 is 15.7 Å². The van der Waals surface area contributed by atoms with Crippen molar-refractivity contribution in [2.24, 2.45) is 17.1 Å². The summed E-state index contributed by atoms with van der Waals surface area (Å²) in [6, 6.07) is 12.8. The molecule has 1 aliphatic carbocycles. The lowest BCUT2D eigenvalue weighted by Gasteiger charge is -2.45. The predicted molar refractivity (Wildman–Crippen MR) is 90.4 cm³/mol. The number of rotatable bonds is 1. The Morgan fingerprint density at radius 3 is 2.60 bits per heavy atom. The molecule has 0 fully saturated rings. The number of allylic oxidation sites excluding steroid dienone is 2. The molecule has 3 N–H and O–H groups in total. The van der Waals surface area contributed by atoms with Crippen molar-refractivity contribution in [3.05, 3.63) is 52.7 Å². The number of hydrogen-bond acceptors (Lipinski definition) is 6. The van der Waals surface area contributed by atoms with Crippen molar-refractivity contribution in [3.8, 4) is 24.0 Å². The highest BCUT2D eigenvalue weighted by Gasteiger charge is 2.54. The second kappa shape index (κ2) is 5.98. The summed E-state index contributed by atoms with van der Waals surface area (Å²) < 4.78 is 0. The van der Waals surface area contributed by atoms with Crippen molar-refractivity contribution in [1.82, 2.24) is 4.90 Å². The van der Waals surface area contributed by atoms with Gasteiger partial charge in [0.05, 0.1) is 23.4 Å². The van der Waals surface area contributed by atoms with Crippen LogP contribution in [0.1, 0.15) is 11.5 Å². The lowest BCUT2D eigenvalue weighted by atomic mass is 9.58. The van der Waals surface area contributed by atoms with Crippen LogP contribution in [-0.2, 0) is 0 Å². The van der Waals surface area contributed by atoms with Gasteiger partial charge in [0.15, 0.2) is 5.41 Å². The minimum Gasteiger partial charge on any atom is -0.508 e.